The Morgan fingerprint density at radius 1 is 1.30 bits per heavy atom. The summed E-state index contributed by atoms with van der Waals surface area (Å²) in [5.41, 5.74) is 0.814. The molecule has 1 amide bonds. The summed E-state index contributed by atoms with van der Waals surface area (Å²) >= 11 is 0. The predicted octanol–water partition coefficient (Wildman–Crippen LogP) is 0.0572. The van der Waals surface area contributed by atoms with Crippen LogP contribution in [0.2, 0.25) is 0 Å². The Labute approximate surface area is 132 Å². The fourth-order valence-electron chi connectivity index (χ4n) is 2.35. The molecule has 1 fully saturated rings. The van der Waals surface area contributed by atoms with Crippen LogP contribution in [0.1, 0.15) is 16.4 Å². The molecule has 0 unspecified atom stereocenters. The van der Waals surface area contributed by atoms with Gasteiger partial charge in [0.25, 0.3) is 0 Å². The van der Waals surface area contributed by atoms with Gasteiger partial charge in [0.05, 0.1) is 19.5 Å². The maximum absolute atomic E-state index is 11.9. The Morgan fingerprint density at radius 3 is 2.65 bits per heavy atom. The normalized spacial score (nSPS) is 15.8. The molecule has 0 saturated carbocycles. The zero-order valence-corrected chi connectivity index (χ0v) is 13.5. The average molecular weight is 340 g/mol. The van der Waals surface area contributed by atoms with Gasteiger partial charge < -0.3 is 14.1 Å². The molecule has 2 aromatic rings. The van der Waals surface area contributed by atoms with E-state index in [-0.39, 0.29) is 5.76 Å². The first-order chi connectivity index (χ1) is 10.8. The topological polar surface area (TPSA) is 115 Å². The number of amides is 1. The predicted molar refractivity (Wildman–Crippen MR) is 81.9 cm³/mol. The first kappa shape index (κ1) is 15.7. The van der Waals surface area contributed by atoms with Crippen molar-refractivity contribution in [3.63, 3.8) is 0 Å². The van der Waals surface area contributed by atoms with E-state index in [9.17, 15) is 13.2 Å². The zero-order valence-electron chi connectivity index (χ0n) is 12.7. The summed E-state index contributed by atoms with van der Waals surface area (Å²) in [7, 11) is -3.67. The Bertz CT molecular complexity index is 855. The van der Waals surface area contributed by atoms with Gasteiger partial charge in [-0.15, -0.1) is 0 Å². The lowest BCUT2D eigenvalue weighted by Gasteiger charge is -2.27. The fraction of sp³-hybridized carbons (Fsp3) is 0.462. The Balaban J connectivity index is 2.03. The van der Waals surface area contributed by atoms with Crippen LogP contribution in [0.25, 0.3) is 11.1 Å². The molecule has 0 aliphatic carbocycles. The molecule has 1 saturated heterocycles. The number of sulfonamides is 1. The second-order valence-electron chi connectivity index (χ2n) is 5.22. The summed E-state index contributed by atoms with van der Waals surface area (Å²) in [5.74, 6) is 0.153. The van der Waals surface area contributed by atoms with Gasteiger partial charge >= 0.3 is 5.91 Å². The lowest BCUT2D eigenvalue weighted by molar-refractivity contribution is 0.0956. The summed E-state index contributed by atoms with van der Waals surface area (Å²) in [6.07, 6.45) is 0.899. The van der Waals surface area contributed by atoms with E-state index in [4.69, 9.17) is 9.15 Å². The van der Waals surface area contributed by atoms with Crippen LogP contribution >= 0.6 is 0 Å². The largest absolute Gasteiger partial charge is 0.445 e. The number of ether oxygens (including phenoxy) is 1. The van der Waals surface area contributed by atoms with Crippen molar-refractivity contribution < 1.29 is 22.4 Å². The van der Waals surface area contributed by atoms with Crippen LogP contribution in [0.4, 0.5) is 5.82 Å². The number of nitrogens with zero attached hydrogens (tertiary/aromatic N) is 3. The molecule has 0 spiro atoms. The Morgan fingerprint density at radius 2 is 2.00 bits per heavy atom. The summed E-state index contributed by atoms with van der Waals surface area (Å²) in [5, 5.41) is 0. The molecule has 0 radical (unpaired) electrons. The van der Waals surface area contributed by atoms with Crippen molar-refractivity contribution in [1.82, 2.24) is 14.7 Å². The lowest BCUT2D eigenvalue weighted by Crippen LogP contribution is -2.37. The minimum Gasteiger partial charge on any atom is -0.445 e. The zero-order chi connectivity index (χ0) is 16.6. The SMILES string of the molecule is Cc1nc(N2CCOCC2)c2oc(C(=O)NS(C)(=O)=O)cc2n1. The van der Waals surface area contributed by atoms with Crippen LogP contribution in [0.15, 0.2) is 10.5 Å². The van der Waals surface area contributed by atoms with Crippen molar-refractivity contribution in [2.45, 2.75) is 6.92 Å². The fourth-order valence-corrected chi connectivity index (χ4v) is 2.79. The maximum Gasteiger partial charge on any atom is 0.300 e. The summed E-state index contributed by atoms with van der Waals surface area (Å²) in [6.45, 7) is 4.19. The molecule has 10 heteroatoms. The van der Waals surface area contributed by atoms with Crippen molar-refractivity contribution in [3.8, 4) is 0 Å². The molecule has 1 N–H and O–H groups in total. The highest BCUT2D eigenvalue weighted by Crippen LogP contribution is 2.27. The monoisotopic (exact) mass is 340 g/mol. The Hall–Kier alpha value is -2.20. The molecule has 23 heavy (non-hydrogen) atoms. The number of aryl methyl sites for hydroxylation is 1. The van der Waals surface area contributed by atoms with E-state index in [1.807, 2.05) is 9.62 Å². The van der Waals surface area contributed by atoms with Crippen LogP contribution in [0.3, 0.4) is 0 Å². The summed E-state index contributed by atoms with van der Waals surface area (Å²) in [6, 6.07) is 1.41. The highest BCUT2D eigenvalue weighted by molar-refractivity contribution is 7.89. The van der Waals surface area contributed by atoms with E-state index >= 15 is 0 Å². The van der Waals surface area contributed by atoms with Crippen LogP contribution in [-0.2, 0) is 14.8 Å². The number of morpholine rings is 1. The van der Waals surface area contributed by atoms with Crippen molar-refractivity contribution in [1.29, 1.82) is 0 Å². The molecule has 0 atom stereocenters. The molecule has 0 aromatic carbocycles. The minimum atomic E-state index is -3.67. The quantitative estimate of drug-likeness (QED) is 0.834. The summed E-state index contributed by atoms with van der Waals surface area (Å²) < 4.78 is 35.1. The van der Waals surface area contributed by atoms with Crippen molar-refractivity contribution in [2.24, 2.45) is 0 Å². The molecule has 3 heterocycles. The van der Waals surface area contributed by atoms with Gasteiger partial charge in [0.1, 0.15) is 11.3 Å². The van der Waals surface area contributed by atoms with Gasteiger partial charge in [-0.05, 0) is 6.92 Å². The highest BCUT2D eigenvalue weighted by Gasteiger charge is 2.23. The van der Waals surface area contributed by atoms with Gasteiger partial charge in [-0.2, -0.15) is 0 Å². The van der Waals surface area contributed by atoms with Gasteiger partial charge in [0, 0.05) is 19.2 Å². The third kappa shape index (κ3) is 3.42. The molecule has 3 rings (SSSR count). The van der Waals surface area contributed by atoms with Crippen LogP contribution in [-0.4, -0.2) is 56.9 Å². The molecular formula is C13H16N4O5S. The number of aromatic nitrogens is 2. The first-order valence-electron chi connectivity index (χ1n) is 6.96. The van der Waals surface area contributed by atoms with E-state index in [0.29, 0.717) is 49.0 Å². The number of rotatable bonds is 3. The molecule has 1 aliphatic rings. The number of fused-ring (bicyclic) bond motifs is 1. The van der Waals surface area contributed by atoms with Crippen LogP contribution in [0.5, 0.6) is 0 Å². The van der Waals surface area contributed by atoms with Gasteiger partial charge in [-0.25, -0.2) is 23.1 Å². The van der Waals surface area contributed by atoms with E-state index in [2.05, 4.69) is 9.97 Å². The minimum absolute atomic E-state index is 0.125. The number of carbonyl (C=O) groups excluding carboxylic acids is 1. The second-order valence-corrected chi connectivity index (χ2v) is 6.97. The third-order valence-corrected chi connectivity index (χ3v) is 3.83. The molecular weight excluding hydrogens is 324 g/mol. The second kappa shape index (κ2) is 5.78. The molecule has 2 aromatic heterocycles. The number of anilines is 1. The van der Waals surface area contributed by atoms with Gasteiger partial charge in [-0.3, -0.25) is 4.79 Å². The highest BCUT2D eigenvalue weighted by atomic mass is 32.2. The number of carbonyl (C=O) groups is 1. The molecule has 124 valence electrons. The van der Waals surface area contributed by atoms with Crippen molar-refractivity contribution >= 4 is 32.8 Å². The third-order valence-electron chi connectivity index (χ3n) is 3.28. The lowest BCUT2D eigenvalue weighted by atomic mass is 10.3. The van der Waals surface area contributed by atoms with Gasteiger partial charge in [0.2, 0.25) is 10.0 Å². The Kier molecular flexibility index (Phi) is 3.94. The van der Waals surface area contributed by atoms with Crippen LogP contribution in [0, 0.1) is 6.92 Å². The van der Waals surface area contributed by atoms with Crippen molar-refractivity contribution in [2.75, 3.05) is 37.5 Å². The van der Waals surface area contributed by atoms with Gasteiger partial charge in [0.15, 0.2) is 17.2 Å². The first-order valence-corrected chi connectivity index (χ1v) is 8.85. The molecule has 1 aliphatic heterocycles. The van der Waals surface area contributed by atoms with E-state index in [0.717, 1.165) is 6.26 Å². The van der Waals surface area contributed by atoms with Gasteiger partial charge in [-0.1, -0.05) is 0 Å². The number of furan rings is 1. The average Bonchev–Trinajstić information content (AvgIpc) is 2.89. The standard InChI is InChI=1S/C13H16N4O5S/c1-8-14-9-7-10(13(18)16-23(2,19)20)22-11(9)12(15-8)17-3-5-21-6-4-17/h7H,3-6H2,1-2H3,(H,16,18). The molecule has 9 nitrogen and oxygen atoms in total. The van der Waals surface area contributed by atoms with Crippen LogP contribution < -0.4 is 9.62 Å². The van der Waals surface area contributed by atoms with Crippen molar-refractivity contribution in [3.05, 3.63) is 17.7 Å². The number of hydrogen-bond acceptors (Lipinski definition) is 8. The maximum atomic E-state index is 11.9. The smallest absolute Gasteiger partial charge is 0.300 e. The summed E-state index contributed by atoms with van der Waals surface area (Å²) in [4.78, 5) is 22.6. The number of nitrogens with one attached hydrogen (secondary N) is 1. The van der Waals surface area contributed by atoms with E-state index in [1.165, 1.54) is 6.07 Å². The van der Waals surface area contributed by atoms with E-state index in [1.54, 1.807) is 6.92 Å². The molecule has 0 bridgehead atoms. The van der Waals surface area contributed by atoms with E-state index < -0.39 is 15.9 Å². The number of hydrogen-bond donors (Lipinski definition) is 1.